The van der Waals surface area contributed by atoms with E-state index < -0.39 is 17.9 Å². The molecule has 5 rings (SSSR count). The van der Waals surface area contributed by atoms with Gasteiger partial charge in [-0.2, -0.15) is 0 Å². The van der Waals surface area contributed by atoms with Gasteiger partial charge in [-0.25, -0.2) is 9.78 Å². The largest absolute Gasteiger partial charge is 0.480 e. The smallest absolute Gasteiger partial charge is 0.326 e. The Kier molecular flexibility index (Phi) is 8.78. The van der Waals surface area contributed by atoms with Crippen molar-refractivity contribution in [1.82, 2.24) is 10.3 Å². The molecular weight excluding hydrogens is 544 g/mol. The number of hydrogen-bond donors (Lipinski definition) is 2. The Morgan fingerprint density at radius 2 is 1.79 bits per heavy atom. The van der Waals surface area contributed by atoms with Gasteiger partial charge in [0, 0.05) is 27.3 Å². The number of amides is 1. The molecule has 2 aromatic carbocycles. The van der Waals surface area contributed by atoms with Gasteiger partial charge in [0.05, 0.1) is 0 Å². The second-order valence-electron chi connectivity index (χ2n) is 12.1. The van der Waals surface area contributed by atoms with E-state index in [0.717, 1.165) is 51.2 Å². The fourth-order valence-corrected chi connectivity index (χ4v) is 6.43. The van der Waals surface area contributed by atoms with Gasteiger partial charge in [-0.05, 0) is 71.2 Å². The average Bonchev–Trinajstić information content (AvgIpc) is 3.64. The van der Waals surface area contributed by atoms with Crippen LogP contribution in [0.5, 0.6) is 11.5 Å². The number of carboxylic acid groups (broad SMARTS) is 1. The summed E-state index contributed by atoms with van der Waals surface area (Å²) < 4.78 is 6.22. The highest BCUT2D eigenvalue weighted by Crippen LogP contribution is 2.33. The predicted molar refractivity (Wildman–Crippen MR) is 170 cm³/mol. The summed E-state index contributed by atoms with van der Waals surface area (Å²) in [5.41, 5.74) is 2.38. The summed E-state index contributed by atoms with van der Waals surface area (Å²) in [7, 11) is 0. The van der Waals surface area contributed by atoms with E-state index in [1.165, 1.54) is 29.7 Å². The van der Waals surface area contributed by atoms with Crippen LogP contribution in [0.4, 0.5) is 0 Å². The third-order valence-corrected chi connectivity index (χ3v) is 9.02. The summed E-state index contributed by atoms with van der Waals surface area (Å²) in [4.78, 5) is 32.1. The highest BCUT2D eigenvalue weighted by molar-refractivity contribution is 7.12. The number of carbonyl (C=O) groups excluding carboxylic acids is 1. The number of nitrogens with one attached hydrogen (secondary N) is 1. The van der Waals surface area contributed by atoms with E-state index in [2.05, 4.69) is 44.8 Å². The summed E-state index contributed by atoms with van der Waals surface area (Å²) in [6.07, 6.45) is 7.39. The molecule has 1 unspecified atom stereocenters. The second kappa shape index (κ2) is 12.5. The van der Waals surface area contributed by atoms with Crippen LogP contribution in [0, 0.1) is 5.92 Å². The Morgan fingerprint density at radius 1 is 1.07 bits per heavy atom. The topological polar surface area (TPSA) is 88.5 Å². The number of benzene rings is 2. The quantitative estimate of drug-likeness (QED) is 0.197. The van der Waals surface area contributed by atoms with Crippen molar-refractivity contribution in [3.05, 3.63) is 93.9 Å². The molecule has 0 bridgehead atoms. The number of fused-ring (bicyclic) bond motifs is 1. The molecule has 1 aliphatic carbocycles. The van der Waals surface area contributed by atoms with Gasteiger partial charge in [-0.3, -0.25) is 4.79 Å². The minimum Gasteiger partial charge on any atom is -0.480 e. The Bertz CT molecular complexity index is 1590. The zero-order valence-electron chi connectivity index (χ0n) is 24.5. The van der Waals surface area contributed by atoms with Crippen molar-refractivity contribution in [2.24, 2.45) is 5.92 Å². The molecule has 1 fully saturated rings. The highest BCUT2D eigenvalue weighted by atomic mass is 32.1. The van der Waals surface area contributed by atoms with Gasteiger partial charge < -0.3 is 15.2 Å². The fourth-order valence-electron chi connectivity index (χ4n) is 5.53. The molecule has 4 aromatic rings. The van der Waals surface area contributed by atoms with Crippen molar-refractivity contribution in [2.75, 3.05) is 0 Å². The van der Waals surface area contributed by atoms with Crippen LogP contribution in [0.3, 0.4) is 0 Å². The van der Waals surface area contributed by atoms with Gasteiger partial charge in [0.15, 0.2) is 0 Å². The Balaban J connectivity index is 1.41. The number of ether oxygens (including phenoxy) is 1. The van der Waals surface area contributed by atoms with Crippen LogP contribution >= 0.6 is 11.3 Å². The number of rotatable bonds is 10. The summed E-state index contributed by atoms with van der Waals surface area (Å²) in [5.74, 6) is 0.406. The molecule has 2 heterocycles. The maximum absolute atomic E-state index is 13.4. The maximum Gasteiger partial charge on any atom is 0.326 e. The first-order valence-electron chi connectivity index (χ1n) is 14.6. The first-order chi connectivity index (χ1) is 20.1. The van der Waals surface area contributed by atoms with E-state index >= 15 is 0 Å². The van der Waals surface area contributed by atoms with Crippen molar-refractivity contribution in [3.8, 4) is 11.5 Å². The van der Waals surface area contributed by atoms with Crippen molar-refractivity contribution in [3.63, 3.8) is 0 Å². The Hall–Kier alpha value is -3.97. The number of nitrogens with zero attached hydrogens (tertiary/aromatic N) is 1. The third-order valence-electron chi connectivity index (χ3n) is 7.92. The summed E-state index contributed by atoms with van der Waals surface area (Å²) in [6.45, 7) is 10.3. The molecule has 2 aromatic heterocycles. The van der Waals surface area contributed by atoms with E-state index in [0.29, 0.717) is 11.7 Å². The highest BCUT2D eigenvalue weighted by Gasteiger charge is 2.24. The summed E-state index contributed by atoms with van der Waals surface area (Å²) in [5, 5.41) is 14.4. The average molecular weight is 583 g/mol. The fraction of sp³-hybridized carbons (Fsp3) is 0.343. The molecular formula is C35H38N2O4S. The van der Waals surface area contributed by atoms with Crippen LogP contribution in [0.15, 0.2) is 67.2 Å². The lowest BCUT2D eigenvalue weighted by atomic mass is 9.87. The molecule has 1 atom stereocenters. The predicted octanol–water partition coefficient (Wildman–Crippen LogP) is 8.19. The van der Waals surface area contributed by atoms with E-state index in [-0.39, 0.29) is 17.5 Å². The van der Waals surface area contributed by atoms with Gasteiger partial charge in [0.1, 0.15) is 23.2 Å². The SMILES string of the molecule is C=Cc1ccc(CC(NC(=O)c2cc3ccc(Oc4ccc(C(C)(C)C)cc4)cc3c(CC3CCCC3)n2)C(=O)O)s1. The van der Waals surface area contributed by atoms with Crippen LogP contribution < -0.4 is 10.1 Å². The molecule has 1 aliphatic rings. The first kappa shape index (κ1) is 29.5. The number of carbonyl (C=O) groups is 2. The van der Waals surface area contributed by atoms with Crippen LogP contribution in [-0.4, -0.2) is 28.0 Å². The number of aromatic nitrogens is 1. The molecule has 218 valence electrons. The molecule has 42 heavy (non-hydrogen) atoms. The van der Waals surface area contributed by atoms with Crippen molar-refractivity contribution < 1.29 is 19.4 Å². The zero-order valence-corrected chi connectivity index (χ0v) is 25.3. The number of pyridine rings is 1. The van der Waals surface area contributed by atoms with Gasteiger partial charge in [0.25, 0.3) is 5.91 Å². The first-order valence-corrected chi connectivity index (χ1v) is 15.4. The van der Waals surface area contributed by atoms with Gasteiger partial charge in [-0.1, -0.05) is 77.3 Å². The molecule has 6 nitrogen and oxygen atoms in total. The molecule has 0 radical (unpaired) electrons. The second-order valence-corrected chi connectivity index (χ2v) is 13.3. The van der Waals surface area contributed by atoms with E-state index in [4.69, 9.17) is 9.72 Å². The monoisotopic (exact) mass is 582 g/mol. The van der Waals surface area contributed by atoms with Crippen LogP contribution in [0.2, 0.25) is 0 Å². The molecule has 7 heteroatoms. The van der Waals surface area contributed by atoms with Crippen LogP contribution in [-0.2, 0) is 23.1 Å². The molecule has 0 spiro atoms. The van der Waals surface area contributed by atoms with Crippen molar-refractivity contribution in [2.45, 2.75) is 70.8 Å². The molecule has 0 saturated heterocycles. The van der Waals surface area contributed by atoms with Crippen molar-refractivity contribution in [1.29, 1.82) is 0 Å². The number of aliphatic carboxylic acids is 1. The number of carboxylic acids is 1. The minimum atomic E-state index is -1.08. The molecule has 2 N–H and O–H groups in total. The zero-order chi connectivity index (χ0) is 29.9. The molecule has 1 amide bonds. The van der Waals surface area contributed by atoms with E-state index in [9.17, 15) is 14.7 Å². The lowest BCUT2D eigenvalue weighted by Gasteiger charge is -2.19. The van der Waals surface area contributed by atoms with E-state index in [1.807, 2.05) is 42.5 Å². The third kappa shape index (κ3) is 7.08. The number of thiophene rings is 1. The summed E-state index contributed by atoms with van der Waals surface area (Å²) >= 11 is 1.47. The van der Waals surface area contributed by atoms with Gasteiger partial charge >= 0.3 is 5.97 Å². The minimum absolute atomic E-state index is 0.0652. The summed E-state index contributed by atoms with van der Waals surface area (Å²) in [6, 6.07) is 18.5. The normalized spacial score (nSPS) is 14.5. The van der Waals surface area contributed by atoms with Crippen molar-refractivity contribution >= 4 is 40.1 Å². The van der Waals surface area contributed by atoms with Crippen LogP contribution in [0.25, 0.3) is 16.8 Å². The van der Waals surface area contributed by atoms with Gasteiger partial charge in [-0.15, -0.1) is 11.3 Å². The lowest BCUT2D eigenvalue weighted by molar-refractivity contribution is -0.139. The number of hydrogen-bond acceptors (Lipinski definition) is 5. The standard InChI is InChI=1S/C35H38N2O4S/c1-5-27-16-17-28(42-27)21-32(34(39)40)37-33(38)31-19-23-10-13-26(41-25-14-11-24(12-15-25)35(2,3)4)20-29(23)30(36-31)18-22-8-6-7-9-22/h5,10-17,19-20,22,32H,1,6-9,18,21H2,2-4H3,(H,37,38)(H,39,40). The van der Waals surface area contributed by atoms with Crippen LogP contribution in [0.1, 0.15) is 78.0 Å². The molecule has 0 aliphatic heterocycles. The Morgan fingerprint density at radius 3 is 2.43 bits per heavy atom. The Labute approximate surface area is 251 Å². The lowest BCUT2D eigenvalue weighted by Crippen LogP contribution is -2.42. The maximum atomic E-state index is 13.4. The molecule has 1 saturated carbocycles. The van der Waals surface area contributed by atoms with E-state index in [1.54, 1.807) is 12.1 Å². The van der Waals surface area contributed by atoms with Gasteiger partial charge in [0.2, 0.25) is 0 Å².